The molecule has 0 saturated heterocycles. The second-order valence-corrected chi connectivity index (χ2v) is 3.40. The number of ether oxygens (including phenoxy) is 1. The summed E-state index contributed by atoms with van der Waals surface area (Å²) in [4.78, 5) is 22.3. The summed E-state index contributed by atoms with van der Waals surface area (Å²) in [6, 6.07) is 7.03. The fourth-order valence-electron chi connectivity index (χ4n) is 1.28. The van der Waals surface area contributed by atoms with Crippen LogP contribution in [-0.4, -0.2) is 25.7 Å². The molecule has 92 valence electrons. The average molecular weight is 236 g/mol. The smallest absolute Gasteiger partial charge is 0.407 e. The third kappa shape index (κ3) is 4.14. The number of carbonyl (C=O) groups excluding carboxylic acids is 2. The molecule has 0 saturated carbocycles. The average Bonchev–Trinajstić information content (AvgIpc) is 2.36. The fourth-order valence-corrected chi connectivity index (χ4v) is 1.28. The zero-order chi connectivity index (χ0) is 12.7. The topological polar surface area (TPSA) is 67.4 Å². The summed E-state index contributed by atoms with van der Waals surface area (Å²) in [7, 11) is 1.31. The van der Waals surface area contributed by atoms with Crippen molar-refractivity contribution in [3.63, 3.8) is 0 Å². The van der Waals surface area contributed by atoms with Gasteiger partial charge in [-0.1, -0.05) is 12.1 Å². The van der Waals surface area contributed by atoms with Crippen LogP contribution < -0.4 is 10.6 Å². The van der Waals surface area contributed by atoms with Crippen LogP contribution in [0.15, 0.2) is 24.3 Å². The van der Waals surface area contributed by atoms with Crippen LogP contribution in [0.2, 0.25) is 0 Å². The van der Waals surface area contributed by atoms with E-state index in [1.807, 2.05) is 6.92 Å². The SMILES string of the molecule is CCNC(=O)c1ccc(CNC(=O)OC)cc1. The monoisotopic (exact) mass is 236 g/mol. The molecule has 1 aromatic rings. The van der Waals surface area contributed by atoms with Crippen molar-refractivity contribution in [1.82, 2.24) is 10.6 Å². The van der Waals surface area contributed by atoms with Crippen LogP contribution in [0, 0.1) is 0 Å². The van der Waals surface area contributed by atoms with Crippen LogP contribution in [0.5, 0.6) is 0 Å². The zero-order valence-electron chi connectivity index (χ0n) is 9.95. The van der Waals surface area contributed by atoms with Crippen molar-refractivity contribution in [1.29, 1.82) is 0 Å². The molecule has 5 nitrogen and oxygen atoms in total. The molecule has 2 N–H and O–H groups in total. The molecule has 0 aliphatic heterocycles. The number of benzene rings is 1. The van der Waals surface area contributed by atoms with Crippen LogP contribution in [0.3, 0.4) is 0 Å². The van der Waals surface area contributed by atoms with E-state index in [0.717, 1.165) is 5.56 Å². The molecule has 1 aromatic carbocycles. The van der Waals surface area contributed by atoms with Crippen LogP contribution in [0.1, 0.15) is 22.8 Å². The Labute approximate surface area is 100 Å². The van der Waals surface area contributed by atoms with Gasteiger partial charge >= 0.3 is 6.09 Å². The number of carbonyl (C=O) groups is 2. The van der Waals surface area contributed by atoms with Crippen molar-refractivity contribution in [2.45, 2.75) is 13.5 Å². The number of methoxy groups -OCH3 is 1. The van der Waals surface area contributed by atoms with Gasteiger partial charge in [0.25, 0.3) is 5.91 Å². The van der Waals surface area contributed by atoms with Crippen LogP contribution in [0.4, 0.5) is 4.79 Å². The maximum Gasteiger partial charge on any atom is 0.407 e. The lowest BCUT2D eigenvalue weighted by atomic mass is 10.1. The van der Waals surface area contributed by atoms with Crippen molar-refractivity contribution in [3.8, 4) is 0 Å². The summed E-state index contributed by atoms with van der Waals surface area (Å²) in [5.74, 6) is -0.0972. The third-order valence-corrected chi connectivity index (χ3v) is 2.18. The largest absolute Gasteiger partial charge is 0.453 e. The summed E-state index contributed by atoms with van der Waals surface area (Å²) in [6.45, 7) is 2.85. The van der Waals surface area contributed by atoms with E-state index in [-0.39, 0.29) is 5.91 Å². The van der Waals surface area contributed by atoms with Crippen molar-refractivity contribution in [2.75, 3.05) is 13.7 Å². The molecule has 0 spiro atoms. The zero-order valence-corrected chi connectivity index (χ0v) is 9.95. The van der Waals surface area contributed by atoms with Gasteiger partial charge < -0.3 is 15.4 Å². The Morgan fingerprint density at radius 1 is 1.18 bits per heavy atom. The summed E-state index contributed by atoms with van der Waals surface area (Å²) in [5.41, 5.74) is 1.51. The van der Waals surface area contributed by atoms with Gasteiger partial charge in [-0.3, -0.25) is 4.79 Å². The summed E-state index contributed by atoms with van der Waals surface area (Å²) in [5, 5.41) is 5.27. The number of alkyl carbamates (subject to hydrolysis) is 1. The van der Waals surface area contributed by atoms with Gasteiger partial charge in [0.1, 0.15) is 0 Å². The number of amides is 2. The number of rotatable bonds is 4. The first-order chi connectivity index (χ1) is 8.17. The standard InChI is InChI=1S/C12H16N2O3/c1-3-13-11(15)10-6-4-9(5-7-10)8-14-12(16)17-2/h4-7H,3,8H2,1-2H3,(H,13,15)(H,14,16). The van der Waals surface area contributed by atoms with E-state index in [0.29, 0.717) is 18.7 Å². The van der Waals surface area contributed by atoms with E-state index in [9.17, 15) is 9.59 Å². The van der Waals surface area contributed by atoms with Gasteiger partial charge in [0.15, 0.2) is 0 Å². The molecule has 5 heteroatoms. The van der Waals surface area contributed by atoms with Gasteiger partial charge in [-0.2, -0.15) is 0 Å². The van der Waals surface area contributed by atoms with Gasteiger partial charge in [0, 0.05) is 18.7 Å². The van der Waals surface area contributed by atoms with E-state index >= 15 is 0 Å². The first-order valence-corrected chi connectivity index (χ1v) is 5.36. The maximum absolute atomic E-state index is 11.5. The predicted octanol–water partition coefficient (Wildman–Crippen LogP) is 1.29. The normalized spacial score (nSPS) is 9.53. The van der Waals surface area contributed by atoms with Crippen LogP contribution in [0.25, 0.3) is 0 Å². The van der Waals surface area contributed by atoms with Crippen molar-refractivity contribution < 1.29 is 14.3 Å². The molecule has 1 rings (SSSR count). The third-order valence-electron chi connectivity index (χ3n) is 2.18. The maximum atomic E-state index is 11.5. The van der Waals surface area contributed by atoms with Gasteiger partial charge in [-0.25, -0.2) is 4.79 Å². The number of hydrogen-bond donors (Lipinski definition) is 2. The Morgan fingerprint density at radius 2 is 1.82 bits per heavy atom. The molecule has 0 heterocycles. The predicted molar refractivity (Wildman–Crippen MR) is 63.7 cm³/mol. The Balaban J connectivity index is 2.56. The van der Waals surface area contributed by atoms with Crippen molar-refractivity contribution in [2.24, 2.45) is 0 Å². The second kappa shape index (κ2) is 6.52. The van der Waals surface area contributed by atoms with Gasteiger partial charge in [0.2, 0.25) is 0 Å². The summed E-state index contributed by atoms with van der Waals surface area (Å²) in [6.07, 6.45) is -0.474. The van der Waals surface area contributed by atoms with E-state index in [4.69, 9.17) is 0 Å². The van der Waals surface area contributed by atoms with Gasteiger partial charge in [0.05, 0.1) is 7.11 Å². The molecule has 0 bridgehead atoms. The lowest BCUT2D eigenvalue weighted by molar-refractivity contribution is 0.0955. The molecule has 0 aromatic heterocycles. The lowest BCUT2D eigenvalue weighted by Gasteiger charge is -2.05. The molecule has 0 unspecified atom stereocenters. The highest BCUT2D eigenvalue weighted by Crippen LogP contribution is 2.04. The Bertz CT molecular complexity index is 387. The molecule has 0 fully saturated rings. The highest BCUT2D eigenvalue weighted by molar-refractivity contribution is 5.94. The quantitative estimate of drug-likeness (QED) is 0.827. The van der Waals surface area contributed by atoms with Crippen molar-refractivity contribution in [3.05, 3.63) is 35.4 Å². The van der Waals surface area contributed by atoms with E-state index < -0.39 is 6.09 Å². The molecule has 0 aliphatic carbocycles. The first kappa shape index (κ1) is 13.0. The Kier molecular flexibility index (Phi) is 5.00. The van der Waals surface area contributed by atoms with Crippen LogP contribution in [-0.2, 0) is 11.3 Å². The Hall–Kier alpha value is -2.04. The highest BCUT2D eigenvalue weighted by atomic mass is 16.5. The summed E-state index contributed by atoms with van der Waals surface area (Å²) >= 11 is 0. The number of nitrogens with one attached hydrogen (secondary N) is 2. The van der Waals surface area contributed by atoms with Gasteiger partial charge in [-0.05, 0) is 24.6 Å². The van der Waals surface area contributed by atoms with E-state index in [2.05, 4.69) is 15.4 Å². The molecule has 17 heavy (non-hydrogen) atoms. The number of hydrogen-bond acceptors (Lipinski definition) is 3. The molecule has 0 radical (unpaired) electrons. The van der Waals surface area contributed by atoms with Gasteiger partial charge in [-0.15, -0.1) is 0 Å². The van der Waals surface area contributed by atoms with Crippen LogP contribution >= 0.6 is 0 Å². The second-order valence-electron chi connectivity index (χ2n) is 3.40. The minimum absolute atomic E-state index is 0.0972. The minimum Gasteiger partial charge on any atom is -0.453 e. The summed E-state index contributed by atoms with van der Waals surface area (Å²) < 4.78 is 4.45. The first-order valence-electron chi connectivity index (χ1n) is 5.36. The molecule has 2 amide bonds. The molecular formula is C12H16N2O3. The van der Waals surface area contributed by atoms with E-state index in [1.165, 1.54) is 7.11 Å². The Morgan fingerprint density at radius 3 is 2.35 bits per heavy atom. The molecule has 0 aliphatic rings. The minimum atomic E-state index is -0.474. The molecular weight excluding hydrogens is 220 g/mol. The molecule has 0 atom stereocenters. The fraction of sp³-hybridized carbons (Fsp3) is 0.333. The van der Waals surface area contributed by atoms with E-state index in [1.54, 1.807) is 24.3 Å². The highest BCUT2D eigenvalue weighted by Gasteiger charge is 2.04. The van der Waals surface area contributed by atoms with Crippen molar-refractivity contribution >= 4 is 12.0 Å². The lowest BCUT2D eigenvalue weighted by Crippen LogP contribution is -2.23.